The van der Waals surface area contributed by atoms with Crippen LogP contribution in [0.5, 0.6) is 11.5 Å². The second-order valence-corrected chi connectivity index (χ2v) is 9.53. The lowest BCUT2D eigenvalue weighted by Crippen LogP contribution is -2.22. The number of ether oxygens (including phenoxy) is 2. The molecule has 0 amide bonds. The fraction of sp³-hybridized carbons (Fsp3) is 0.333. The van der Waals surface area contributed by atoms with Gasteiger partial charge in [0.1, 0.15) is 0 Å². The van der Waals surface area contributed by atoms with Crippen LogP contribution in [0.2, 0.25) is 0 Å². The fourth-order valence-corrected chi connectivity index (χ4v) is 4.94. The maximum atomic E-state index is 13.2. The van der Waals surface area contributed by atoms with Gasteiger partial charge >= 0.3 is 0 Å². The summed E-state index contributed by atoms with van der Waals surface area (Å²) in [6.07, 6.45) is 2.85. The number of nitrogens with zero attached hydrogens (tertiary/aromatic N) is 2. The Hall–Kier alpha value is -2.38. The summed E-state index contributed by atoms with van der Waals surface area (Å²) in [7, 11) is 0. The number of benzene rings is 2. The first-order valence-corrected chi connectivity index (χ1v) is 12.0. The average molecular weight is 501 g/mol. The topological polar surface area (TPSA) is 52.8 Å². The summed E-state index contributed by atoms with van der Waals surface area (Å²) in [5, 5.41) is 0. The summed E-state index contributed by atoms with van der Waals surface area (Å²) < 4.78 is 15.0. The summed E-state index contributed by atoms with van der Waals surface area (Å²) in [4.78, 5) is 18.6. The van der Waals surface area contributed by atoms with Crippen molar-refractivity contribution in [2.24, 2.45) is 0 Å². The van der Waals surface area contributed by atoms with Crippen molar-refractivity contribution in [1.82, 2.24) is 9.38 Å². The van der Waals surface area contributed by atoms with Gasteiger partial charge in [0.05, 0.1) is 32.7 Å². The van der Waals surface area contributed by atoms with Crippen LogP contribution in [-0.2, 0) is 0 Å². The molecule has 4 rings (SSSR count). The number of rotatable bonds is 6. The van der Waals surface area contributed by atoms with E-state index in [0.717, 1.165) is 33.1 Å². The molecule has 0 saturated carbocycles. The highest BCUT2D eigenvalue weighted by atomic mass is 79.9. The fourth-order valence-electron chi connectivity index (χ4n) is 3.40. The van der Waals surface area contributed by atoms with E-state index >= 15 is 0 Å². The normalized spacial score (nSPS) is 13.3. The Morgan fingerprint density at radius 1 is 1.19 bits per heavy atom. The van der Waals surface area contributed by atoms with E-state index < -0.39 is 0 Å². The SMILES string of the molecule is CCOc1cc(/C=c2\sc3nc4cc(C)c(C)cc4n3c2=O)cc(Br)c1O[C@@H](C)CC. The van der Waals surface area contributed by atoms with E-state index in [1.54, 1.807) is 4.40 Å². The van der Waals surface area contributed by atoms with Crippen LogP contribution in [-0.4, -0.2) is 22.1 Å². The van der Waals surface area contributed by atoms with Gasteiger partial charge in [-0.25, -0.2) is 9.38 Å². The van der Waals surface area contributed by atoms with Gasteiger partial charge in [0.25, 0.3) is 5.56 Å². The van der Waals surface area contributed by atoms with Crippen LogP contribution >= 0.6 is 27.3 Å². The van der Waals surface area contributed by atoms with Crippen LogP contribution < -0.4 is 19.6 Å². The molecule has 31 heavy (non-hydrogen) atoms. The van der Waals surface area contributed by atoms with Crippen molar-refractivity contribution in [2.45, 2.75) is 47.1 Å². The number of hydrogen-bond donors (Lipinski definition) is 0. The molecule has 0 unspecified atom stereocenters. The lowest BCUT2D eigenvalue weighted by molar-refractivity contribution is 0.202. The van der Waals surface area contributed by atoms with E-state index in [9.17, 15) is 4.79 Å². The van der Waals surface area contributed by atoms with Crippen LogP contribution in [0.15, 0.2) is 33.5 Å². The monoisotopic (exact) mass is 500 g/mol. The molecule has 0 N–H and O–H groups in total. The molecule has 1 atom stereocenters. The quantitative estimate of drug-likeness (QED) is 0.355. The highest BCUT2D eigenvalue weighted by molar-refractivity contribution is 9.10. The number of thiazole rings is 1. The third-order valence-corrected chi connectivity index (χ3v) is 6.94. The molecular weight excluding hydrogens is 476 g/mol. The molecule has 5 nitrogen and oxygen atoms in total. The van der Waals surface area contributed by atoms with E-state index in [1.165, 1.54) is 16.9 Å². The van der Waals surface area contributed by atoms with Crippen LogP contribution in [0.3, 0.4) is 0 Å². The average Bonchev–Trinajstić information content (AvgIpc) is 3.21. The molecule has 162 valence electrons. The number of halogens is 1. The third kappa shape index (κ3) is 4.08. The first kappa shape index (κ1) is 21.8. The smallest absolute Gasteiger partial charge is 0.274 e. The zero-order chi connectivity index (χ0) is 22.3. The Bertz CT molecular complexity index is 1390. The van der Waals surface area contributed by atoms with E-state index in [1.807, 2.05) is 51.1 Å². The van der Waals surface area contributed by atoms with Crippen LogP contribution in [0.4, 0.5) is 0 Å². The van der Waals surface area contributed by atoms with Gasteiger partial charge in [0.15, 0.2) is 16.5 Å². The van der Waals surface area contributed by atoms with Gasteiger partial charge < -0.3 is 9.47 Å². The minimum Gasteiger partial charge on any atom is -0.490 e. The van der Waals surface area contributed by atoms with E-state index in [2.05, 4.69) is 34.8 Å². The van der Waals surface area contributed by atoms with Gasteiger partial charge in [-0.05, 0) is 97.1 Å². The molecule has 0 aliphatic heterocycles. The molecule has 2 aromatic carbocycles. The molecule has 0 bridgehead atoms. The van der Waals surface area contributed by atoms with Crippen molar-refractivity contribution in [3.63, 3.8) is 0 Å². The number of hydrogen-bond acceptors (Lipinski definition) is 5. The van der Waals surface area contributed by atoms with Crippen molar-refractivity contribution in [1.29, 1.82) is 0 Å². The van der Waals surface area contributed by atoms with Crippen LogP contribution in [0.1, 0.15) is 43.9 Å². The first-order chi connectivity index (χ1) is 14.8. The lowest BCUT2D eigenvalue weighted by Gasteiger charge is -2.18. The summed E-state index contributed by atoms with van der Waals surface area (Å²) in [6, 6.07) is 7.94. The van der Waals surface area contributed by atoms with Gasteiger partial charge in [0.2, 0.25) is 0 Å². The molecular formula is C24H25BrN2O3S. The highest BCUT2D eigenvalue weighted by Crippen LogP contribution is 2.38. The third-order valence-electron chi connectivity index (χ3n) is 5.38. The molecule has 0 saturated heterocycles. The Labute approximate surface area is 193 Å². The highest BCUT2D eigenvalue weighted by Gasteiger charge is 2.16. The van der Waals surface area contributed by atoms with E-state index in [4.69, 9.17) is 9.47 Å². The minimum atomic E-state index is -0.0558. The molecule has 2 aromatic heterocycles. The molecule has 0 aliphatic carbocycles. The molecule has 4 aromatic rings. The van der Waals surface area contributed by atoms with E-state index in [-0.39, 0.29) is 11.7 Å². The minimum absolute atomic E-state index is 0.0558. The number of aromatic nitrogens is 2. The summed E-state index contributed by atoms with van der Waals surface area (Å²) in [5.41, 5.74) is 4.83. The van der Waals surface area contributed by atoms with Gasteiger partial charge in [-0.2, -0.15) is 0 Å². The molecule has 0 radical (unpaired) electrons. The van der Waals surface area contributed by atoms with Gasteiger partial charge in [-0.15, -0.1) is 0 Å². The maximum absolute atomic E-state index is 13.2. The van der Waals surface area contributed by atoms with Crippen molar-refractivity contribution in [2.75, 3.05) is 6.61 Å². The molecule has 0 spiro atoms. The second-order valence-electron chi connectivity index (χ2n) is 7.67. The Balaban J connectivity index is 1.85. The zero-order valence-electron chi connectivity index (χ0n) is 18.3. The van der Waals surface area contributed by atoms with Crippen molar-refractivity contribution < 1.29 is 9.47 Å². The summed E-state index contributed by atoms with van der Waals surface area (Å²) in [5.74, 6) is 1.35. The van der Waals surface area contributed by atoms with E-state index in [0.29, 0.717) is 27.6 Å². The number of aryl methyl sites for hydroxylation is 2. The maximum Gasteiger partial charge on any atom is 0.274 e. The standard InChI is InChI=1S/C24H25BrN2O3S/c1-6-15(5)30-22-17(25)10-16(11-20(22)29-7-2)12-21-23(28)27-19-9-14(4)13(3)8-18(19)26-24(27)31-21/h8-12,15H,6-7H2,1-5H3/b21-12-/t15-/m0/s1. The number of fused-ring (bicyclic) bond motifs is 3. The largest absolute Gasteiger partial charge is 0.490 e. The Morgan fingerprint density at radius 2 is 1.94 bits per heavy atom. The Morgan fingerprint density at radius 3 is 2.65 bits per heavy atom. The molecule has 2 heterocycles. The first-order valence-electron chi connectivity index (χ1n) is 10.4. The van der Waals surface area contributed by atoms with Crippen molar-refractivity contribution in [3.8, 4) is 11.5 Å². The lowest BCUT2D eigenvalue weighted by atomic mass is 10.1. The molecule has 0 fully saturated rings. The molecule has 0 aliphatic rings. The Kier molecular flexibility index (Phi) is 6.08. The van der Waals surface area contributed by atoms with Gasteiger partial charge in [0, 0.05) is 0 Å². The predicted molar refractivity (Wildman–Crippen MR) is 131 cm³/mol. The van der Waals surface area contributed by atoms with Gasteiger partial charge in [-0.3, -0.25) is 4.79 Å². The summed E-state index contributed by atoms with van der Waals surface area (Å²) in [6.45, 7) is 10.7. The van der Waals surface area contributed by atoms with Crippen molar-refractivity contribution >= 4 is 49.3 Å². The van der Waals surface area contributed by atoms with Crippen LogP contribution in [0, 0.1) is 13.8 Å². The van der Waals surface area contributed by atoms with Crippen molar-refractivity contribution in [3.05, 3.63) is 60.3 Å². The van der Waals surface area contributed by atoms with Gasteiger partial charge in [-0.1, -0.05) is 18.3 Å². The predicted octanol–water partition coefficient (Wildman–Crippen LogP) is 5.41. The number of imidazole rings is 1. The summed E-state index contributed by atoms with van der Waals surface area (Å²) >= 11 is 5.01. The second kappa shape index (κ2) is 8.63. The van der Waals surface area contributed by atoms with Crippen LogP contribution in [0.25, 0.3) is 22.1 Å². The zero-order valence-corrected chi connectivity index (χ0v) is 20.7. The molecule has 7 heteroatoms.